The van der Waals surface area contributed by atoms with Crippen LogP contribution in [0.3, 0.4) is 0 Å². The molecule has 0 radical (unpaired) electrons. The van der Waals surface area contributed by atoms with Gasteiger partial charge in [-0.1, -0.05) is 29.3 Å². The van der Waals surface area contributed by atoms with Gasteiger partial charge in [-0.15, -0.1) is 0 Å². The van der Waals surface area contributed by atoms with Gasteiger partial charge in [-0.25, -0.2) is 4.98 Å². The number of halogens is 3. The molecule has 0 bridgehead atoms. The molecule has 0 saturated carbocycles. The van der Waals surface area contributed by atoms with E-state index in [1.807, 2.05) is 19.1 Å². The lowest BCUT2D eigenvalue weighted by molar-refractivity contribution is 0.454. The highest BCUT2D eigenvalue weighted by Crippen LogP contribution is 2.36. The fraction of sp³-hybridized carbons (Fsp3) is 0.214. The minimum atomic E-state index is 0.0190. The van der Waals surface area contributed by atoms with Crippen molar-refractivity contribution < 1.29 is 4.74 Å². The van der Waals surface area contributed by atoms with E-state index in [4.69, 9.17) is 33.7 Å². The molecule has 6 heteroatoms. The van der Waals surface area contributed by atoms with Crippen LogP contribution in [0.1, 0.15) is 12.5 Å². The Bertz CT molecular complexity index is 620. The first-order valence-electron chi connectivity index (χ1n) is 5.99. The summed E-state index contributed by atoms with van der Waals surface area (Å²) in [6, 6.07) is 7.14. The average Bonchev–Trinajstić information content (AvgIpc) is 2.37. The van der Waals surface area contributed by atoms with Crippen molar-refractivity contribution >= 4 is 39.1 Å². The van der Waals surface area contributed by atoms with Crippen molar-refractivity contribution in [2.45, 2.75) is 19.4 Å². The van der Waals surface area contributed by atoms with Gasteiger partial charge in [0.1, 0.15) is 5.75 Å². The SMILES string of the molecule is CC(N)Cc1cccnc1Oc1cc(Cl)c(Br)cc1Cl. The first kappa shape index (κ1) is 15.6. The van der Waals surface area contributed by atoms with Crippen LogP contribution in [0.4, 0.5) is 0 Å². The highest BCUT2D eigenvalue weighted by Gasteiger charge is 2.12. The molecule has 0 fully saturated rings. The maximum atomic E-state index is 6.14. The number of hydrogen-bond acceptors (Lipinski definition) is 3. The zero-order valence-corrected chi connectivity index (χ0v) is 13.8. The van der Waals surface area contributed by atoms with Crippen molar-refractivity contribution in [1.82, 2.24) is 4.98 Å². The Morgan fingerprint density at radius 1 is 1.35 bits per heavy atom. The minimum Gasteiger partial charge on any atom is -0.437 e. The lowest BCUT2D eigenvalue weighted by Crippen LogP contribution is -2.18. The summed E-state index contributed by atoms with van der Waals surface area (Å²) in [4.78, 5) is 4.23. The van der Waals surface area contributed by atoms with Crippen LogP contribution in [-0.4, -0.2) is 11.0 Å². The first-order chi connectivity index (χ1) is 9.47. The van der Waals surface area contributed by atoms with Crippen molar-refractivity contribution in [3.8, 4) is 11.6 Å². The minimum absolute atomic E-state index is 0.0190. The Morgan fingerprint density at radius 2 is 2.10 bits per heavy atom. The van der Waals surface area contributed by atoms with Crippen LogP contribution in [0.25, 0.3) is 0 Å². The fourth-order valence-corrected chi connectivity index (χ4v) is 2.54. The number of nitrogens with two attached hydrogens (primary N) is 1. The van der Waals surface area contributed by atoms with Gasteiger partial charge < -0.3 is 10.5 Å². The van der Waals surface area contributed by atoms with Crippen molar-refractivity contribution in [2.75, 3.05) is 0 Å². The van der Waals surface area contributed by atoms with E-state index in [-0.39, 0.29) is 6.04 Å². The largest absolute Gasteiger partial charge is 0.437 e. The van der Waals surface area contributed by atoms with Gasteiger partial charge in [0.2, 0.25) is 5.88 Å². The number of benzene rings is 1. The summed E-state index contributed by atoms with van der Waals surface area (Å²) < 4.78 is 6.49. The van der Waals surface area contributed by atoms with Crippen LogP contribution >= 0.6 is 39.1 Å². The molecule has 1 heterocycles. The van der Waals surface area contributed by atoms with Crippen LogP contribution < -0.4 is 10.5 Å². The summed E-state index contributed by atoms with van der Waals surface area (Å²) >= 11 is 15.5. The van der Waals surface area contributed by atoms with Gasteiger partial charge in [-0.3, -0.25) is 0 Å². The summed E-state index contributed by atoms with van der Waals surface area (Å²) in [5.74, 6) is 0.953. The molecule has 106 valence electrons. The third kappa shape index (κ3) is 3.85. The number of nitrogens with zero attached hydrogens (tertiary/aromatic N) is 1. The van der Waals surface area contributed by atoms with E-state index in [9.17, 15) is 0 Å². The van der Waals surface area contributed by atoms with Crippen LogP contribution in [0.5, 0.6) is 11.6 Å². The summed E-state index contributed by atoms with van der Waals surface area (Å²) in [6.07, 6.45) is 2.33. The van der Waals surface area contributed by atoms with Crippen LogP contribution in [-0.2, 0) is 6.42 Å². The zero-order valence-electron chi connectivity index (χ0n) is 10.7. The van der Waals surface area contributed by atoms with Gasteiger partial charge in [0, 0.05) is 28.3 Å². The molecular formula is C14H13BrCl2N2O. The van der Waals surface area contributed by atoms with Crippen molar-refractivity contribution in [3.05, 3.63) is 50.5 Å². The van der Waals surface area contributed by atoms with Crippen LogP contribution in [0.15, 0.2) is 34.9 Å². The van der Waals surface area contributed by atoms with E-state index in [1.165, 1.54) is 0 Å². The van der Waals surface area contributed by atoms with Gasteiger partial charge in [0.25, 0.3) is 0 Å². The summed E-state index contributed by atoms with van der Waals surface area (Å²) in [7, 11) is 0. The number of ether oxygens (including phenoxy) is 1. The molecular weight excluding hydrogens is 363 g/mol. The standard InChI is InChI=1S/C14H13BrCl2N2O/c1-8(18)5-9-3-2-4-19-14(9)20-13-7-11(16)10(15)6-12(13)17/h2-4,6-8H,5,18H2,1H3. The molecule has 20 heavy (non-hydrogen) atoms. The van der Waals surface area contributed by atoms with E-state index in [2.05, 4.69) is 20.9 Å². The predicted molar refractivity (Wildman–Crippen MR) is 85.8 cm³/mol. The molecule has 0 aliphatic carbocycles. The molecule has 1 atom stereocenters. The van der Waals surface area contributed by atoms with Gasteiger partial charge >= 0.3 is 0 Å². The van der Waals surface area contributed by atoms with Crippen LogP contribution in [0, 0.1) is 0 Å². The summed E-state index contributed by atoms with van der Waals surface area (Å²) in [6.45, 7) is 1.93. The highest BCUT2D eigenvalue weighted by molar-refractivity contribution is 9.10. The van der Waals surface area contributed by atoms with E-state index >= 15 is 0 Å². The van der Waals surface area contributed by atoms with Gasteiger partial charge in [-0.2, -0.15) is 0 Å². The molecule has 2 rings (SSSR count). The molecule has 1 aromatic heterocycles. The first-order valence-corrected chi connectivity index (χ1v) is 7.54. The number of aromatic nitrogens is 1. The average molecular weight is 376 g/mol. The van der Waals surface area contributed by atoms with E-state index < -0.39 is 0 Å². The molecule has 0 aliphatic rings. The quantitative estimate of drug-likeness (QED) is 0.778. The number of rotatable bonds is 4. The lowest BCUT2D eigenvalue weighted by atomic mass is 10.1. The lowest BCUT2D eigenvalue weighted by Gasteiger charge is -2.13. The van der Waals surface area contributed by atoms with Gasteiger partial charge in [-0.05, 0) is 41.4 Å². The molecule has 3 nitrogen and oxygen atoms in total. The maximum Gasteiger partial charge on any atom is 0.222 e. The molecule has 1 unspecified atom stereocenters. The van der Waals surface area contributed by atoms with Crippen LogP contribution in [0.2, 0.25) is 10.0 Å². The van der Waals surface area contributed by atoms with Crippen molar-refractivity contribution in [2.24, 2.45) is 5.73 Å². The fourth-order valence-electron chi connectivity index (χ4n) is 1.70. The molecule has 2 aromatic rings. The highest BCUT2D eigenvalue weighted by atomic mass is 79.9. The molecule has 2 N–H and O–H groups in total. The monoisotopic (exact) mass is 374 g/mol. The second kappa shape index (κ2) is 6.76. The van der Waals surface area contributed by atoms with Gasteiger partial charge in [0.05, 0.1) is 10.0 Å². The third-order valence-corrected chi connectivity index (χ3v) is 4.07. The van der Waals surface area contributed by atoms with Crippen molar-refractivity contribution in [1.29, 1.82) is 0 Å². The maximum absolute atomic E-state index is 6.14. The molecule has 0 aliphatic heterocycles. The zero-order chi connectivity index (χ0) is 14.7. The normalized spacial score (nSPS) is 12.2. The number of pyridine rings is 1. The Kier molecular flexibility index (Phi) is 5.27. The van der Waals surface area contributed by atoms with E-state index in [1.54, 1.807) is 18.3 Å². The third-order valence-electron chi connectivity index (χ3n) is 2.57. The molecule has 1 aromatic carbocycles. The Balaban J connectivity index is 2.33. The Hall–Kier alpha value is -0.810. The molecule has 0 spiro atoms. The Morgan fingerprint density at radius 3 is 2.80 bits per heavy atom. The number of hydrogen-bond donors (Lipinski definition) is 1. The summed E-state index contributed by atoms with van der Waals surface area (Å²) in [5.41, 5.74) is 6.75. The predicted octanol–water partition coefficient (Wildman–Crippen LogP) is 4.83. The smallest absolute Gasteiger partial charge is 0.222 e. The second-order valence-corrected chi connectivity index (χ2v) is 6.12. The van der Waals surface area contributed by atoms with Crippen molar-refractivity contribution in [3.63, 3.8) is 0 Å². The second-order valence-electron chi connectivity index (χ2n) is 4.45. The topological polar surface area (TPSA) is 48.1 Å². The Labute approximate surface area is 136 Å². The summed E-state index contributed by atoms with van der Waals surface area (Å²) in [5, 5.41) is 0.979. The van der Waals surface area contributed by atoms with Gasteiger partial charge in [0.15, 0.2) is 0 Å². The molecule has 0 saturated heterocycles. The molecule has 0 amide bonds. The van der Waals surface area contributed by atoms with E-state index in [0.29, 0.717) is 32.6 Å². The van der Waals surface area contributed by atoms with E-state index in [0.717, 1.165) is 5.56 Å².